The maximum absolute atomic E-state index is 12.5. The average Bonchev–Trinajstić information content (AvgIpc) is 3.34. The fourth-order valence-electron chi connectivity index (χ4n) is 2.73. The van der Waals surface area contributed by atoms with Gasteiger partial charge < -0.3 is 15.8 Å². The topological polar surface area (TPSA) is 77.2 Å². The molecule has 3 rings (SSSR count). The first kappa shape index (κ1) is 16.9. The number of carbonyl (C=O) groups excluding carboxylic acids is 1. The van der Waals surface area contributed by atoms with Crippen LogP contribution >= 0.6 is 11.3 Å². The fourth-order valence-corrected chi connectivity index (χ4v) is 3.54. The zero-order valence-electron chi connectivity index (χ0n) is 14.0. The molecule has 1 aliphatic rings. The highest BCUT2D eigenvalue weighted by atomic mass is 32.1. The third kappa shape index (κ3) is 3.60. The van der Waals surface area contributed by atoms with E-state index in [0.29, 0.717) is 24.8 Å². The van der Waals surface area contributed by atoms with Crippen molar-refractivity contribution in [3.05, 3.63) is 35.3 Å². The number of nitrogens with one attached hydrogen (secondary N) is 1. The van der Waals surface area contributed by atoms with E-state index in [1.165, 1.54) is 11.3 Å². The minimum atomic E-state index is -0.333. The van der Waals surface area contributed by atoms with Crippen LogP contribution in [0.1, 0.15) is 37.2 Å². The SMILES string of the molecule is CCOc1ccc(-c2nc(C(=O)NC(C)(CN)C3CC3)cs2)cc1. The molecular weight excluding hydrogens is 322 g/mol. The van der Waals surface area contributed by atoms with Gasteiger partial charge in [0.05, 0.1) is 12.1 Å². The van der Waals surface area contributed by atoms with Crippen molar-refractivity contribution >= 4 is 17.2 Å². The van der Waals surface area contributed by atoms with Crippen LogP contribution in [0.3, 0.4) is 0 Å². The van der Waals surface area contributed by atoms with E-state index < -0.39 is 0 Å². The van der Waals surface area contributed by atoms with E-state index in [1.807, 2.05) is 38.1 Å². The van der Waals surface area contributed by atoms with E-state index in [9.17, 15) is 4.79 Å². The number of hydrogen-bond donors (Lipinski definition) is 2. The third-order valence-electron chi connectivity index (χ3n) is 4.45. The summed E-state index contributed by atoms with van der Waals surface area (Å²) in [5.41, 5.74) is 6.96. The summed E-state index contributed by atoms with van der Waals surface area (Å²) in [5.74, 6) is 1.16. The lowest BCUT2D eigenvalue weighted by Crippen LogP contribution is -2.53. The Hall–Kier alpha value is -1.92. The van der Waals surface area contributed by atoms with E-state index in [1.54, 1.807) is 5.38 Å². The monoisotopic (exact) mass is 345 g/mol. The van der Waals surface area contributed by atoms with E-state index in [0.717, 1.165) is 29.2 Å². The summed E-state index contributed by atoms with van der Waals surface area (Å²) in [6.07, 6.45) is 2.25. The molecular formula is C18H23N3O2S. The summed E-state index contributed by atoms with van der Waals surface area (Å²) in [6, 6.07) is 7.75. The molecule has 24 heavy (non-hydrogen) atoms. The highest BCUT2D eigenvalue weighted by Gasteiger charge is 2.41. The summed E-state index contributed by atoms with van der Waals surface area (Å²) in [5, 5.41) is 5.69. The highest BCUT2D eigenvalue weighted by molar-refractivity contribution is 7.13. The molecule has 1 aromatic carbocycles. The molecule has 1 saturated carbocycles. The van der Waals surface area contributed by atoms with Gasteiger partial charge >= 0.3 is 0 Å². The van der Waals surface area contributed by atoms with Gasteiger partial charge in [-0.3, -0.25) is 4.79 Å². The first-order chi connectivity index (χ1) is 11.6. The molecule has 0 aliphatic heterocycles. The largest absolute Gasteiger partial charge is 0.494 e. The number of nitrogens with zero attached hydrogens (tertiary/aromatic N) is 1. The van der Waals surface area contributed by atoms with Crippen molar-refractivity contribution in [3.63, 3.8) is 0 Å². The van der Waals surface area contributed by atoms with Gasteiger partial charge in [-0.2, -0.15) is 0 Å². The zero-order chi connectivity index (χ0) is 17.2. The fraction of sp³-hybridized carbons (Fsp3) is 0.444. The van der Waals surface area contributed by atoms with Crippen LogP contribution < -0.4 is 15.8 Å². The van der Waals surface area contributed by atoms with Crippen molar-refractivity contribution in [2.24, 2.45) is 11.7 Å². The van der Waals surface area contributed by atoms with Gasteiger partial charge in [-0.05, 0) is 56.9 Å². The van der Waals surface area contributed by atoms with Crippen LogP contribution in [0.2, 0.25) is 0 Å². The van der Waals surface area contributed by atoms with E-state index >= 15 is 0 Å². The molecule has 1 aromatic heterocycles. The Morgan fingerprint density at radius 1 is 1.42 bits per heavy atom. The molecule has 3 N–H and O–H groups in total. The second-order valence-electron chi connectivity index (χ2n) is 6.35. The molecule has 5 nitrogen and oxygen atoms in total. The third-order valence-corrected chi connectivity index (χ3v) is 5.34. The Balaban J connectivity index is 1.71. The zero-order valence-corrected chi connectivity index (χ0v) is 14.9. The molecule has 1 fully saturated rings. The number of aromatic nitrogens is 1. The predicted octanol–water partition coefficient (Wildman–Crippen LogP) is 3.07. The second-order valence-corrected chi connectivity index (χ2v) is 7.20. The van der Waals surface area contributed by atoms with Crippen molar-refractivity contribution in [2.45, 2.75) is 32.2 Å². The molecule has 0 spiro atoms. The first-order valence-electron chi connectivity index (χ1n) is 8.27. The van der Waals surface area contributed by atoms with Gasteiger partial charge in [0.25, 0.3) is 5.91 Å². The minimum Gasteiger partial charge on any atom is -0.494 e. The Bertz CT molecular complexity index is 709. The van der Waals surface area contributed by atoms with Gasteiger partial charge in [0.1, 0.15) is 16.5 Å². The molecule has 1 heterocycles. The Kier molecular flexibility index (Phi) is 4.87. The maximum atomic E-state index is 12.5. The molecule has 128 valence electrons. The number of benzene rings is 1. The number of amides is 1. The molecule has 0 bridgehead atoms. The summed E-state index contributed by atoms with van der Waals surface area (Å²) in [4.78, 5) is 17.0. The first-order valence-corrected chi connectivity index (χ1v) is 9.15. The second kappa shape index (κ2) is 6.91. The molecule has 0 saturated heterocycles. The predicted molar refractivity (Wildman–Crippen MR) is 96.4 cm³/mol. The average molecular weight is 345 g/mol. The Morgan fingerprint density at radius 3 is 2.71 bits per heavy atom. The Morgan fingerprint density at radius 2 is 2.12 bits per heavy atom. The summed E-state index contributed by atoms with van der Waals surface area (Å²) in [7, 11) is 0. The van der Waals surface area contributed by atoms with Gasteiger partial charge in [-0.15, -0.1) is 11.3 Å². The quantitative estimate of drug-likeness (QED) is 0.808. The van der Waals surface area contributed by atoms with Gasteiger partial charge in [0.15, 0.2) is 0 Å². The maximum Gasteiger partial charge on any atom is 0.271 e. The lowest BCUT2D eigenvalue weighted by Gasteiger charge is -2.29. The summed E-state index contributed by atoms with van der Waals surface area (Å²) >= 11 is 1.46. The molecule has 1 aliphatic carbocycles. The van der Waals surface area contributed by atoms with Crippen molar-refractivity contribution in [1.82, 2.24) is 10.3 Å². The van der Waals surface area contributed by atoms with Crippen LogP contribution in [0.4, 0.5) is 0 Å². The lowest BCUT2D eigenvalue weighted by molar-refractivity contribution is 0.0893. The highest BCUT2D eigenvalue weighted by Crippen LogP contribution is 2.39. The van der Waals surface area contributed by atoms with Crippen molar-refractivity contribution in [1.29, 1.82) is 0 Å². The van der Waals surface area contributed by atoms with E-state index in [4.69, 9.17) is 10.5 Å². The van der Waals surface area contributed by atoms with Crippen molar-refractivity contribution < 1.29 is 9.53 Å². The van der Waals surface area contributed by atoms with Crippen LogP contribution in [-0.2, 0) is 0 Å². The molecule has 6 heteroatoms. The lowest BCUT2D eigenvalue weighted by atomic mass is 9.96. The number of thiazole rings is 1. The van der Waals surface area contributed by atoms with Gasteiger partial charge in [0.2, 0.25) is 0 Å². The number of rotatable bonds is 7. The summed E-state index contributed by atoms with van der Waals surface area (Å²) < 4.78 is 5.44. The minimum absolute atomic E-state index is 0.150. The van der Waals surface area contributed by atoms with Crippen LogP contribution in [-0.4, -0.2) is 29.6 Å². The van der Waals surface area contributed by atoms with Crippen LogP contribution in [0.5, 0.6) is 5.75 Å². The molecule has 1 atom stereocenters. The number of nitrogens with two attached hydrogens (primary N) is 1. The van der Waals surface area contributed by atoms with E-state index in [-0.39, 0.29) is 11.4 Å². The van der Waals surface area contributed by atoms with Gasteiger partial charge in [-0.25, -0.2) is 4.98 Å². The van der Waals surface area contributed by atoms with Crippen molar-refractivity contribution in [2.75, 3.05) is 13.2 Å². The smallest absolute Gasteiger partial charge is 0.271 e. The Labute approximate surface area is 146 Å². The molecule has 1 unspecified atom stereocenters. The van der Waals surface area contributed by atoms with Gasteiger partial charge in [0, 0.05) is 17.5 Å². The van der Waals surface area contributed by atoms with Crippen molar-refractivity contribution in [3.8, 4) is 16.3 Å². The van der Waals surface area contributed by atoms with Crippen LogP contribution in [0.15, 0.2) is 29.6 Å². The van der Waals surface area contributed by atoms with Crippen LogP contribution in [0.25, 0.3) is 10.6 Å². The standard InChI is InChI=1S/C18H23N3O2S/c1-3-23-14-8-4-12(5-9-14)17-20-15(10-24-17)16(22)21-18(2,11-19)13-6-7-13/h4-5,8-10,13H,3,6-7,11,19H2,1-2H3,(H,21,22). The van der Waals surface area contributed by atoms with E-state index in [2.05, 4.69) is 10.3 Å². The summed E-state index contributed by atoms with van der Waals surface area (Å²) in [6.45, 7) is 5.06. The normalized spacial score (nSPS) is 16.5. The van der Waals surface area contributed by atoms with Crippen LogP contribution in [0, 0.1) is 5.92 Å². The number of hydrogen-bond acceptors (Lipinski definition) is 5. The number of ether oxygens (including phenoxy) is 1. The molecule has 1 amide bonds. The molecule has 0 radical (unpaired) electrons. The van der Waals surface area contributed by atoms with Gasteiger partial charge in [-0.1, -0.05) is 0 Å². The molecule has 2 aromatic rings. The number of carbonyl (C=O) groups is 1.